The van der Waals surface area contributed by atoms with Crippen LogP contribution in [-0.4, -0.2) is 6.54 Å². The quantitative estimate of drug-likeness (QED) is 0.906. The molecule has 0 saturated carbocycles. The monoisotopic (exact) mass is 293 g/mol. The fourth-order valence-electron chi connectivity index (χ4n) is 2.47. The highest BCUT2D eigenvalue weighted by atomic mass is 19.4. The molecule has 2 aromatic carbocycles. The largest absolute Gasteiger partial charge is 0.484 e. The molecule has 1 aliphatic rings. The van der Waals surface area contributed by atoms with Crippen molar-refractivity contribution in [2.45, 2.75) is 18.8 Å². The van der Waals surface area contributed by atoms with Crippen molar-refractivity contribution in [1.82, 2.24) is 5.32 Å². The SMILES string of the molecule is FC(F)(F)c1cccc(OC2CNCc3ccccc32)c1. The summed E-state index contributed by atoms with van der Waals surface area (Å²) in [5, 5.41) is 3.21. The fraction of sp³-hybridized carbons (Fsp3) is 0.250. The van der Waals surface area contributed by atoms with Gasteiger partial charge in [0.2, 0.25) is 0 Å². The van der Waals surface area contributed by atoms with Gasteiger partial charge < -0.3 is 10.1 Å². The van der Waals surface area contributed by atoms with Crippen LogP contribution >= 0.6 is 0 Å². The van der Waals surface area contributed by atoms with E-state index in [1.165, 1.54) is 6.07 Å². The van der Waals surface area contributed by atoms with Gasteiger partial charge in [0.05, 0.1) is 5.56 Å². The molecular formula is C16H14F3NO. The Bertz CT molecular complexity index is 639. The maximum absolute atomic E-state index is 12.7. The Labute approximate surface area is 120 Å². The van der Waals surface area contributed by atoms with Crippen LogP contribution in [0.4, 0.5) is 13.2 Å². The summed E-state index contributed by atoms with van der Waals surface area (Å²) in [7, 11) is 0. The molecule has 1 unspecified atom stereocenters. The van der Waals surface area contributed by atoms with Gasteiger partial charge in [-0.1, -0.05) is 30.3 Å². The van der Waals surface area contributed by atoms with Crippen LogP contribution in [0.25, 0.3) is 0 Å². The molecule has 1 N–H and O–H groups in total. The van der Waals surface area contributed by atoms with Gasteiger partial charge in [-0.25, -0.2) is 0 Å². The molecule has 0 radical (unpaired) electrons. The molecule has 0 aromatic heterocycles. The van der Waals surface area contributed by atoms with E-state index in [9.17, 15) is 13.2 Å². The molecule has 2 aromatic rings. The zero-order chi connectivity index (χ0) is 14.9. The third kappa shape index (κ3) is 3.03. The summed E-state index contributed by atoms with van der Waals surface area (Å²) < 4.78 is 43.9. The van der Waals surface area contributed by atoms with Crippen LogP contribution in [0.5, 0.6) is 5.75 Å². The summed E-state index contributed by atoms with van der Waals surface area (Å²) in [6.45, 7) is 1.33. The van der Waals surface area contributed by atoms with Gasteiger partial charge in [0.1, 0.15) is 11.9 Å². The number of hydrogen-bond acceptors (Lipinski definition) is 2. The Morgan fingerprint density at radius 2 is 1.86 bits per heavy atom. The van der Waals surface area contributed by atoms with Crippen molar-refractivity contribution in [1.29, 1.82) is 0 Å². The smallest absolute Gasteiger partial charge is 0.416 e. The van der Waals surface area contributed by atoms with Crippen LogP contribution in [-0.2, 0) is 12.7 Å². The van der Waals surface area contributed by atoms with E-state index in [0.29, 0.717) is 6.54 Å². The number of benzene rings is 2. The second-order valence-electron chi connectivity index (χ2n) is 4.96. The summed E-state index contributed by atoms with van der Waals surface area (Å²) in [6.07, 6.45) is -4.64. The maximum atomic E-state index is 12.7. The Kier molecular flexibility index (Phi) is 3.59. The molecule has 0 saturated heterocycles. The first kappa shape index (κ1) is 13.9. The van der Waals surface area contributed by atoms with Crippen molar-refractivity contribution >= 4 is 0 Å². The van der Waals surface area contributed by atoms with Crippen molar-refractivity contribution in [3.8, 4) is 5.75 Å². The van der Waals surface area contributed by atoms with E-state index in [4.69, 9.17) is 4.74 Å². The summed E-state index contributed by atoms with van der Waals surface area (Å²) in [5.74, 6) is 0.230. The molecular weight excluding hydrogens is 279 g/mol. The normalized spacial score (nSPS) is 18.1. The maximum Gasteiger partial charge on any atom is 0.416 e. The number of rotatable bonds is 2. The molecule has 0 spiro atoms. The lowest BCUT2D eigenvalue weighted by Gasteiger charge is -2.27. The van der Waals surface area contributed by atoms with E-state index < -0.39 is 11.7 Å². The second-order valence-corrected chi connectivity index (χ2v) is 4.96. The molecule has 110 valence electrons. The third-order valence-corrected chi connectivity index (χ3v) is 3.49. The van der Waals surface area contributed by atoms with Crippen molar-refractivity contribution < 1.29 is 17.9 Å². The third-order valence-electron chi connectivity index (χ3n) is 3.49. The summed E-state index contributed by atoms with van der Waals surface area (Å²) in [4.78, 5) is 0. The number of hydrogen-bond donors (Lipinski definition) is 1. The lowest BCUT2D eigenvalue weighted by molar-refractivity contribution is -0.137. The molecule has 0 amide bonds. The van der Waals surface area contributed by atoms with Gasteiger partial charge >= 0.3 is 6.18 Å². The van der Waals surface area contributed by atoms with E-state index in [1.807, 2.05) is 24.3 Å². The van der Waals surface area contributed by atoms with E-state index in [2.05, 4.69) is 5.32 Å². The minimum Gasteiger partial charge on any atom is -0.484 e. The summed E-state index contributed by atoms with van der Waals surface area (Å²) in [6, 6.07) is 12.8. The Morgan fingerprint density at radius 1 is 1.05 bits per heavy atom. The first-order chi connectivity index (χ1) is 10.0. The zero-order valence-electron chi connectivity index (χ0n) is 11.2. The zero-order valence-corrected chi connectivity index (χ0v) is 11.2. The topological polar surface area (TPSA) is 21.3 Å². The lowest BCUT2D eigenvalue weighted by atomic mass is 9.99. The predicted octanol–water partition coefficient (Wildman–Crippen LogP) is 3.93. The van der Waals surface area contributed by atoms with Crippen molar-refractivity contribution in [3.63, 3.8) is 0 Å². The standard InChI is InChI=1S/C16H14F3NO/c17-16(18,19)12-5-3-6-13(8-12)21-15-10-20-9-11-4-1-2-7-14(11)15/h1-8,15,20H,9-10H2. The molecule has 0 bridgehead atoms. The van der Waals surface area contributed by atoms with Crippen molar-refractivity contribution in [3.05, 3.63) is 65.2 Å². The van der Waals surface area contributed by atoms with Crippen LogP contribution in [0.3, 0.4) is 0 Å². The lowest BCUT2D eigenvalue weighted by Crippen LogP contribution is -2.31. The molecule has 21 heavy (non-hydrogen) atoms. The van der Waals surface area contributed by atoms with Crippen LogP contribution in [0.1, 0.15) is 22.8 Å². The number of alkyl halides is 3. The van der Waals surface area contributed by atoms with Crippen LogP contribution in [0, 0.1) is 0 Å². The number of ether oxygens (including phenoxy) is 1. The second kappa shape index (κ2) is 5.41. The molecule has 1 atom stereocenters. The first-order valence-corrected chi connectivity index (χ1v) is 6.66. The van der Waals surface area contributed by atoms with E-state index in [0.717, 1.165) is 29.8 Å². The highest BCUT2D eigenvalue weighted by Gasteiger charge is 2.31. The van der Waals surface area contributed by atoms with Gasteiger partial charge in [-0.05, 0) is 29.3 Å². The Hall–Kier alpha value is -2.01. The average Bonchev–Trinajstić information content (AvgIpc) is 2.47. The van der Waals surface area contributed by atoms with E-state index in [1.54, 1.807) is 6.07 Å². The molecule has 3 rings (SSSR count). The fourth-order valence-corrected chi connectivity index (χ4v) is 2.47. The van der Waals surface area contributed by atoms with Crippen LogP contribution in [0.15, 0.2) is 48.5 Å². The molecule has 0 aliphatic carbocycles. The minimum atomic E-state index is -4.36. The van der Waals surface area contributed by atoms with Gasteiger partial charge in [-0.2, -0.15) is 13.2 Å². The van der Waals surface area contributed by atoms with Gasteiger partial charge in [-0.15, -0.1) is 0 Å². The summed E-state index contributed by atoms with van der Waals surface area (Å²) in [5.41, 5.74) is 1.44. The van der Waals surface area contributed by atoms with Crippen molar-refractivity contribution in [2.24, 2.45) is 0 Å². The molecule has 2 nitrogen and oxygen atoms in total. The van der Waals surface area contributed by atoms with Crippen LogP contribution in [0.2, 0.25) is 0 Å². The molecule has 0 fully saturated rings. The van der Waals surface area contributed by atoms with Gasteiger partial charge in [0.25, 0.3) is 0 Å². The average molecular weight is 293 g/mol. The van der Waals surface area contributed by atoms with Crippen molar-refractivity contribution in [2.75, 3.05) is 6.54 Å². The number of fused-ring (bicyclic) bond motifs is 1. The number of halogens is 3. The molecule has 1 aliphatic heterocycles. The minimum absolute atomic E-state index is 0.230. The Balaban J connectivity index is 1.85. The first-order valence-electron chi connectivity index (χ1n) is 6.66. The number of nitrogens with one attached hydrogen (secondary N) is 1. The van der Waals surface area contributed by atoms with E-state index >= 15 is 0 Å². The van der Waals surface area contributed by atoms with E-state index in [-0.39, 0.29) is 11.9 Å². The highest BCUT2D eigenvalue weighted by Crippen LogP contribution is 2.33. The highest BCUT2D eigenvalue weighted by molar-refractivity contribution is 5.34. The molecule has 5 heteroatoms. The summed E-state index contributed by atoms with van der Waals surface area (Å²) >= 11 is 0. The van der Waals surface area contributed by atoms with Gasteiger partial charge in [0.15, 0.2) is 0 Å². The Morgan fingerprint density at radius 3 is 2.67 bits per heavy atom. The van der Waals surface area contributed by atoms with Gasteiger partial charge in [0, 0.05) is 13.1 Å². The molecule has 1 heterocycles. The van der Waals surface area contributed by atoms with Crippen LogP contribution < -0.4 is 10.1 Å². The predicted molar refractivity (Wildman–Crippen MR) is 73.0 cm³/mol. The van der Waals surface area contributed by atoms with Gasteiger partial charge in [-0.3, -0.25) is 0 Å².